The highest BCUT2D eigenvalue weighted by Crippen LogP contribution is 2.32. The lowest BCUT2D eigenvalue weighted by molar-refractivity contribution is 0.266. The van der Waals surface area contributed by atoms with Crippen molar-refractivity contribution >= 4 is 16.0 Å². The summed E-state index contributed by atoms with van der Waals surface area (Å²) >= 11 is 0. The van der Waals surface area contributed by atoms with Crippen molar-refractivity contribution in [3.63, 3.8) is 0 Å². The highest BCUT2D eigenvalue weighted by molar-refractivity contribution is 7.87. The molecule has 19 heavy (non-hydrogen) atoms. The van der Waals surface area contributed by atoms with Crippen molar-refractivity contribution in [2.24, 2.45) is 16.8 Å². The third-order valence-corrected chi connectivity index (χ3v) is 4.89. The molecule has 0 aromatic rings. The maximum atomic E-state index is 12.0. The summed E-state index contributed by atoms with van der Waals surface area (Å²) in [6, 6.07) is -0.218. The first kappa shape index (κ1) is 16.2. The molecule has 0 saturated heterocycles. The largest absolute Gasteiger partial charge is 0.409 e. The minimum atomic E-state index is -3.68. The Labute approximate surface area is 114 Å². The molecule has 0 aromatic heterocycles. The van der Waals surface area contributed by atoms with Crippen LogP contribution in [0.15, 0.2) is 5.16 Å². The van der Waals surface area contributed by atoms with E-state index in [-0.39, 0.29) is 11.9 Å². The third kappa shape index (κ3) is 4.32. The van der Waals surface area contributed by atoms with Crippen molar-refractivity contribution < 1.29 is 13.6 Å². The van der Waals surface area contributed by atoms with Gasteiger partial charge in [-0.25, -0.2) is 0 Å². The van der Waals surface area contributed by atoms with Crippen LogP contribution in [-0.4, -0.2) is 31.0 Å². The molecular formula is C11H24N4O3S. The smallest absolute Gasteiger partial charge is 0.278 e. The zero-order valence-electron chi connectivity index (χ0n) is 11.7. The van der Waals surface area contributed by atoms with Gasteiger partial charge in [0.2, 0.25) is 0 Å². The van der Waals surface area contributed by atoms with Gasteiger partial charge in [0, 0.05) is 6.04 Å². The van der Waals surface area contributed by atoms with Gasteiger partial charge in [0.05, 0.1) is 5.54 Å². The Morgan fingerprint density at radius 3 is 2.37 bits per heavy atom. The average molecular weight is 292 g/mol. The van der Waals surface area contributed by atoms with Gasteiger partial charge in [-0.1, -0.05) is 12.1 Å². The number of rotatable bonds is 5. The molecule has 1 saturated carbocycles. The Morgan fingerprint density at radius 1 is 1.42 bits per heavy atom. The van der Waals surface area contributed by atoms with Crippen molar-refractivity contribution in [2.75, 3.05) is 0 Å². The summed E-state index contributed by atoms with van der Waals surface area (Å²) in [5.74, 6) is 0.440. The number of oxime groups is 1. The van der Waals surface area contributed by atoms with Crippen molar-refractivity contribution in [1.82, 2.24) is 9.44 Å². The molecule has 5 N–H and O–H groups in total. The molecule has 1 fully saturated rings. The molecule has 112 valence electrons. The maximum absolute atomic E-state index is 12.0. The van der Waals surface area contributed by atoms with Crippen LogP contribution in [-0.2, 0) is 10.2 Å². The molecule has 0 bridgehead atoms. The molecule has 0 aliphatic heterocycles. The predicted octanol–water partition coefficient (Wildman–Crippen LogP) is 0.514. The van der Waals surface area contributed by atoms with Gasteiger partial charge in [-0.2, -0.15) is 17.9 Å². The Kier molecular flexibility index (Phi) is 5.17. The number of nitrogens with zero attached hydrogens (tertiary/aromatic N) is 1. The second-order valence-corrected chi connectivity index (χ2v) is 7.07. The minimum Gasteiger partial charge on any atom is -0.409 e. The van der Waals surface area contributed by atoms with Crippen LogP contribution in [0.1, 0.15) is 46.5 Å². The minimum absolute atomic E-state index is 0.0754. The fourth-order valence-electron chi connectivity index (χ4n) is 2.36. The van der Waals surface area contributed by atoms with E-state index in [1.165, 1.54) is 0 Å². The molecule has 0 spiro atoms. The zero-order chi connectivity index (χ0) is 14.7. The van der Waals surface area contributed by atoms with E-state index >= 15 is 0 Å². The Morgan fingerprint density at radius 2 is 1.95 bits per heavy atom. The SMILES string of the molecule is CC1CCC(NS(=O)(=O)NC(C)C)(C(N)=NO)CC1. The first-order valence-corrected chi connectivity index (χ1v) is 7.98. The number of amidine groups is 1. The van der Waals surface area contributed by atoms with Gasteiger partial charge in [-0.05, 0) is 45.4 Å². The van der Waals surface area contributed by atoms with Crippen molar-refractivity contribution in [1.29, 1.82) is 0 Å². The van der Waals surface area contributed by atoms with Crippen molar-refractivity contribution in [3.05, 3.63) is 0 Å². The van der Waals surface area contributed by atoms with E-state index in [9.17, 15) is 8.42 Å². The number of nitrogens with one attached hydrogen (secondary N) is 2. The van der Waals surface area contributed by atoms with Crippen LogP contribution in [0.2, 0.25) is 0 Å². The maximum Gasteiger partial charge on any atom is 0.278 e. The van der Waals surface area contributed by atoms with Gasteiger partial charge in [0.1, 0.15) is 0 Å². The van der Waals surface area contributed by atoms with Crippen molar-refractivity contribution in [2.45, 2.75) is 58.0 Å². The lowest BCUT2D eigenvalue weighted by atomic mass is 9.77. The van der Waals surface area contributed by atoms with E-state index < -0.39 is 15.7 Å². The van der Waals surface area contributed by atoms with Gasteiger partial charge >= 0.3 is 0 Å². The molecule has 0 amide bonds. The van der Waals surface area contributed by atoms with Crippen LogP contribution in [0.25, 0.3) is 0 Å². The van der Waals surface area contributed by atoms with Gasteiger partial charge in [0.15, 0.2) is 5.84 Å². The van der Waals surface area contributed by atoms with E-state index in [4.69, 9.17) is 10.9 Å². The van der Waals surface area contributed by atoms with Crippen LogP contribution >= 0.6 is 0 Å². The fourth-order valence-corrected chi connectivity index (χ4v) is 3.86. The molecule has 0 aromatic carbocycles. The molecule has 0 heterocycles. The highest BCUT2D eigenvalue weighted by Gasteiger charge is 2.41. The van der Waals surface area contributed by atoms with Gasteiger partial charge < -0.3 is 10.9 Å². The van der Waals surface area contributed by atoms with Crippen molar-refractivity contribution in [3.8, 4) is 0 Å². The molecule has 1 aliphatic carbocycles. The first-order valence-electron chi connectivity index (χ1n) is 6.50. The van der Waals surface area contributed by atoms with E-state index in [0.29, 0.717) is 18.8 Å². The summed E-state index contributed by atoms with van der Waals surface area (Å²) in [6.45, 7) is 5.58. The topological polar surface area (TPSA) is 117 Å². The molecular weight excluding hydrogens is 268 g/mol. The second-order valence-electron chi connectivity index (χ2n) is 5.63. The lowest BCUT2D eigenvalue weighted by Crippen LogP contribution is -2.61. The Hall–Kier alpha value is -0.860. The quantitative estimate of drug-likeness (QED) is 0.256. The lowest BCUT2D eigenvalue weighted by Gasteiger charge is -2.38. The molecule has 1 aliphatic rings. The number of nitrogens with two attached hydrogens (primary N) is 1. The van der Waals surface area contributed by atoms with Gasteiger partial charge in [-0.15, -0.1) is 0 Å². The molecule has 0 radical (unpaired) electrons. The molecule has 7 nitrogen and oxygen atoms in total. The summed E-state index contributed by atoms with van der Waals surface area (Å²) in [4.78, 5) is 0. The number of hydrogen-bond acceptors (Lipinski definition) is 4. The van der Waals surface area contributed by atoms with Crippen LogP contribution in [0.3, 0.4) is 0 Å². The monoisotopic (exact) mass is 292 g/mol. The average Bonchev–Trinajstić information content (AvgIpc) is 2.29. The normalized spacial score (nSPS) is 29.7. The van der Waals surface area contributed by atoms with Crippen LogP contribution in [0, 0.1) is 5.92 Å². The standard InChI is InChI=1S/C11H24N4O3S/c1-8(2)14-19(17,18)15-11(10(12)13-16)6-4-9(3)5-7-11/h8-9,14-16H,4-7H2,1-3H3,(H2,12,13). The molecule has 1 rings (SSSR count). The van der Waals surface area contributed by atoms with Gasteiger partial charge in [-0.3, -0.25) is 0 Å². The highest BCUT2D eigenvalue weighted by atomic mass is 32.2. The Balaban J connectivity index is 2.94. The fraction of sp³-hybridized carbons (Fsp3) is 0.909. The zero-order valence-corrected chi connectivity index (χ0v) is 12.5. The van der Waals surface area contributed by atoms with Crippen LogP contribution in [0.5, 0.6) is 0 Å². The molecule has 0 atom stereocenters. The summed E-state index contributed by atoms with van der Waals surface area (Å²) in [6.07, 6.45) is 2.73. The summed E-state index contributed by atoms with van der Waals surface area (Å²) in [7, 11) is -3.68. The van der Waals surface area contributed by atoms with Crippen LogP contribution in [0.4, 0.5) is 0 Å². The van der Waals surface area contributed by atoms with E-state index in [1.807, 2.05) is 0 Å². The number of hydrogen-bond donors (Lipinski definition) is 4. The van der Waals surface area contributed by atoms with Crippen LogP contribution < -0.4 is 15.2 Å². The summed E-state index contributed by atoms with van der Waals surface area (Å²) in [5.41, 5.74) is 4.73. The molecule has 0 unspecified atom stereocenters. The van der Waals surface area contributed by atoms with Gasteiger partial charge in [0.25, 0.3) is 10.2 Å². The van der Waals surface area contributed by atoms with E-state index in [2.05, 4.69) is 21.5 Å². The predicted molar refractivity (Wildman–Crippen MR) is 74.1 cm³/mol. The summed E-state index contributed by atoms with van der Waals surface area (Å²) < 4.78 is 29.0. The summed E-state index contributed by atoms with van der Waals surface area (Å²) in [5, 5.41) is 11.9. The van der Waals surface area contributed by atoms with E-state index in [0.717, 1.165) is 12.8 Å². The Bertz CT molecular complexity index is 425. The molecule has 8 heteroatoms. The third-order valence-electron chi connectivity index (χ3n) is 3.45. The first-order chi connectivity index (χ1) is 8.71. The van der Waals surface area contributed by atoms with E-state index in [1.54, 1.807) is 13.8 Å². The second kappa shape index (κ2) is 6.06.